The fourth-order valence-electron chi connectivity index (χ4n) is 3.03. The first-order chi connectivity index (χ1) is 14.8. The number of urea groups is 1. The number of benzene rings is 1. The number of nitrogens with one attached hydrogen (secondary N) is 2. The molecule has 2 N–H and O–H groups in total. The van der Waals surface area contributed by atoms with Gasteiger partial charge in [0.25, 0.3) is 0 Å². The van der Waals surface area contributed by atoms with Crippen molar-refractivity contribution in [2.45, 2.75) is 65.8 Å². The Hall–Kier alpha value is -3.03. The number of methoxy groups -OCH3 is 1. The van der Waals surface area contributed by atoms with Gasteiger partial charge in [-0.2, -0.15) is 5.10 Å². The zero-order chi connectivity index (χ0) is 24.1. The Bertz CT molecular complexity index is 921. The van der Waals surface area contributed by atoms with Crippen LogP contribution in [0, 0.1) is 0 Å². The highest BCUT2D eigenvalue weighted by molar-refractivity contribution is 5.94. The fraction of sp³-hybridized carbons (Fsp3) is 0.542. The third-order valence-corrected chi connectivity index (χ3v) is 4.66. The summed E-state index contributed by atoms with van der Waals surface area (Å²) in [6.07, 6.45) is 0.753. The van der Waals surface area contributed by atoms with Gasteiger partial charge in [-0.25, -0.2) is 9.48 Å². The number of aromatic nitrogens is 2. The molecule has 0 saturated heterocycles. The number of anilines is 1. The van der Waals surface area contributed by atoms with Gasteiger partial charge in [0.05, 0.1) is 18.5 Å². The third-order valence-electron chi connectivity index (χ3n) is 4.66. The van der Waals surface area contributed by atoms with Crippen LogP contribution in [0.5, 0.6) is 5.75 Å². The molecule has 176 valence electrons. The van der Waals surface area contributed by atoms with Crippen molar-refractivity contribution in [1.82, 2.24) is 20.0 Å². The van der Waals surface area contributed by atoms with Crippen LogP contribution in [-0.4, -0.2) is 52.4 Å². The summed E-state index contributed by atoms with van der Waals surface area (Å²) in [7, 11) is 1.62. The summed E-state index contributed by atoms with van der Waals surface area (Å²) in [5, 5.41) is 10.6. The average Bonchev–Trinajstić information content (AvgIpc) is 3.10. The van der Waals surface area contributed by atoms with Crippen molar-refractivity contribution in [1.29, 1.82) is 0 Å². The number of hydrogen-bond acceptors (Lipinski definition) is 4. The topological polar surface area (TPSA) is 88.5 Å². The minimum Gasteiger partial charge on any atom is -0.497 e. The minimum atomic E-state index is -0.381. The molecule has 2 aromatic rings. The Morgan fingerprint density at radius 2 is 1.72 bits per heavy atom. The van der Waals surface area contributed by atoms with Gasteiger partial charge in [-0.15, -0.1) is 0 Å². The molecule has 0 aliphatic heterocycles. The Morgan fingerprint density at radius 3 is 2.22 bits per heavy atom. The van der Waals surface area contributed by atoms with Gasteiger partial charge in [-0.3, -0.25) is 4.79 Å². The Balaban J connectivity index is 2.28. The number of hydrogen-bond donors (Lipinski definition) is 2. The van der Waals surface area contributed by atoms with Gasteiger partial charge in [0.2, 0.25) is 5.91 Å². The van der Waals surface area contributed by atoms with Crippen LogP contribution >= 0.6 is 0 Å². The van der Waals surface area contributed by atoms with Crippen LogP contribution < -0.4 is 15.4 Å². The van der Waals surface area contributed by atoms with Gasteiger partial charge in [0, 0.05) is 23.6 Å². The van der Waals surface area contributed by atoms with E-state index in [4.69, 9.17) is 9.84 Å². The Kier molecular flexibility index (Phi) is 7.93. The monoisotopic (exact) mass is 443 g/mol. The molecule has 2 rings (SSSR count). The molecule has 0 aliphatic carbocycles. The second-order valence-corrected chi connectivity index (χ2v) is 9.92. The first kappa shape index (κ1) is 25.2. The summed E-state index contributed by atoms with van der Waals surface area (Å²) in [6.45, 7) is 14.4. The van der Waals surface area contributed by atoms with Gasteiger partial charge >= 0.3 is 6.03 Å². The van der Waals surface area contributed by atoms with Crippen LogP contribution in [0.3, 0.4) is 0 Å². The maximum atomic E-state index is 12.9. The number of ether oxygens (including phenoxy) is 1. The summed E-state index contributed by atoms with van der Waals surface area (Å²) in [4.78, 5) is 27.1. The lowest BCUT2D eigenvalue weighted by atomic mass is 9.92. The number of rotatable bonds is 7. The molecule has 0 aliphatic rings. The summed E-state index contributed by atoms with van der Waals surface area (Å²) >= 11 is 0. The predicted molar refractivity (Wildman–Crippen MR) is 128 cm³/mol. The molecular formula is C24H37N5O3. The summed E-state index contributed by atoms with van der Waals surface area (Å²) < 4.78 is 6.95. The van der Waals surface area contributed by atoms with Gasteiger partial charge in [-0.1, -0.05) is 27.7 Å². The van der Waals surface area contributed by atoms with E-state index in [0.29, 0.717) is 12.4 Å². The summed E-state index contributed by atoms with van der Waals surface area (Å²) in [5.74, 6) is 1.01. The molecular weight excluding hydrogens is 406 g/mol. The van der Waals surface area contributed by atoms with Gasteiger partial charge in [0.15, 0.2) is 0 Å². The molecule has 0 bridgehead atoms. The minimum absolute atomic E-state index is 0.0472. The van der Waals surface area contributed by atoms with E-state index in [-0.39, 0.29) is 29.4 Å². The average molecular weight is 444 g/mol. The van der Waals surface area contributed by atoms with E-state index in [1.807, 2.05) is 58.0 Å². The molecule has 1 heterocycles. The van der Waals surface area contributed by atoms with E-state index < -0.39 is 0 Å². The van der Waals surface area contributed by atoms with Crippen LogP contribution in [0.4, 0.5) is 10.6 Å². The van der Waals surface area contributed by atoms with Crippen molar-refractivity contribution >= 4 is 17.8 Å². The van der Waals surface area contributed by atoms with Gasteiger partial charge in [0.1, 0.15) is 18.1 Å². The number of amides is 3. The van der Waals surface area contributed by atoms with Crippen molar-refractivity contribution in [3.05, 3.63) is 36.0 Å². The molecule has 0 fully saturated rings. The van der Waals surface area contributed by atoms with Crippen LogP contribution in [-0.2, 0) is 10.2 Å². The molecule has 32 heavy (non-hydrogen) atoms. The van der Waals surface area contributed by atoms with Crippen molar-refractivity contribution in [2.24, 2.45) is 0 Å². The first-order valence-corrected chi connectivity index (χ1v) is 11.0. The van der Waals surface area contributed by atoms with Crippen LogP contribution in [0.25, 0.3) is 5.69 Å². The highest BCUT2D eigenvalue weighted by Crippen LogP contribution is 2.27. The van der Waals surface area contributed by atoms with Gasteiger partial charge in [-0.05, 0) is 51.5 Å². The molecule has 1 aromatic heterocycles. The van der Waals surface area contributed by atoms with E-state index in [1.165, 1.54) is 4.90 Å². The maximum absolute atomic E-state index is 12.9. The van der Waals surface area contributed by atoms with E-state index >= 15 is 0 Å². The predicted octanol–water partition coefficient (Wildman–Crippen LogP) is 4.34. The van der Waals surface area contributed by atoms with E-state index in [9.17, 15) is 9.59 Å². The quantitative estimate of drug-likeness (QED) is 0.666. The Morgan fingerprint density at radius 1 is 1.09 bits per heavy atom. The SMILES string of the molecule is CCCN(CC(=O)Nc1cc(C(C)(C)C)nn1-c1ccc(OC)cc1)C(=O)NC(C)(C)C. The second-order valence-electron chi connectivity index (χ2n) is 9.92. The number of nitrogens with zero attached hydrogens (tertiary/aromatic N) is 3. The summed E-state index contributed by atoms with van der Waals surface area (Å²) in [5.41, 5.74) is 1.07. The third kappa shape index (κ3) is 7.00. The van der Waals surface area contributed by atoms with Gasteiger partial charge < -0.3 is 20.3 Å². The molecule has 8 nitrogen and oxygen atoms in total. The van der Waals surface area contributed by atoms with Crippen molar-refractivity contribution in [3.8, 4) is 11.4 Å². The van der Waals surface area contributed by atoms with E-state index in [2.05, 4.69) is 31.4 Å². The molecule has 8 heteroatoms. The smallest absolute Gasteiger partial charge is 0.318 e. The molecule has 0 radical (unpaired) electrons. The Labute approximate surface area is 191 Å². The molecule has 1 aromatic carbocycles. The van der Waals surface area contributed by atoms with Crippen LogP contribution in [0.15, 0.2) is 30.3 Å². The second kappa shape index (κ2) is 10.1. The molecule has 0 saturated carbocycles. The standard InChI is InChI=1S/C24H37N5O3/c1-9-14-28(22(31)26-24(5,6)7)16-21(30)25-20-15-19(23(2,3)4)27-29(20)17-10-12-18(32-8)13-11-17/h10-13,15H,9,14,16H2,1-8H3,(H,25,30)(H,26,31). The van der Waals surface area contributed by atoms with Crippen molar-refractivity contribution < 1.29 is 14.3 Å². The molecule has 3 amide bonds. The lowest BCUT2D eigenvalue weighted by molar-refractivity contribution is -0.116. The maximum Gasteiger partial charge on any atom is 0.318 e. The molecule has 0 spiro atoms. The largest absolute Gasteiger partial charge is 0.497 e. The normalized spacial score (nSPS) is 11.8. The number of carbonyl (C=O) groups excluding carboxylic acids is 2. The van der Waals surface area contributed by atoms with Crippen LogP contribution in [0.2, 0.25) is 0 Å². The molecule has 0 atom stereocenters. The number of carbonyl (C=O) groups is 2. The zero-order valence-corrected chi connectivity index (χ0v) is 20.6. The zero-order valence-electron chi connectivity index (χ0n) is 20.6. The lowest BCUT2D eigenvalue weighted by Gasteiger charge is -2.27. The van der Waals surface area contributed by atoms with Crippen molar-refractivity contribution in [3.63, 3.8) is 0 Å². The molecule has 0 unspecified atom stereocenters. The van der Waals surface area contributed by atoms with Crippen molar-refractivity contribution in [2.75, 3.05) is 25.5 Å². The van der Waals surface area contributed by atoms with E-state index in [1.54, 1.807) is 11.8 Å². The highest BCUT2D eigenvalue weighted by Gasteiger charge is 2.24. The highest BCUT2D eigenvalue weighted by atomic mass is 16.5. The first-order valence-electron chi connectivity index (χ1n) is 11.0. The van der Waals surface area contributed by atoms with E-state index in [0.717, 1.165) is 23.6 Å². The fourth-order valence-corrected chi connectivity index (χ4v) is 3.03. The lowest BCUT2D eigenvalue weighted by Crippen LogP contribution is -2.50. The van der Waals surface area contributed by atoms with Crippen LogP contribution in [0.1, 0.15) is 60.6 Å². The summed E-state index contributed by atoms with van der Waals surface area (Å²) in [6, 6.07) is 9.08.